The summed E-state index contributed by atoms with van der Waals surface area (Å²) in [7, 11) is -0.348. The standard InChI is InChI=1S/C18H34BNO6/c1-16(2,3)24-15(21)20-10-12-23-14-13-22-11-8-9-19-25-17(4,5)18(6,7)26-19/h8-9H,10-14H2,1-7H3,(H,20,21)/b9-8+. The molecule has 0 bridgehead atoms. The van der Waals surface area contributed by atoms with Crippen molar-refractivity contribution in [3.8, 4) is 0 Å². The SMILES string of the molecule is CC(C)(C)OC(=O)NCCOCCOC/C=C/B1OC(C)(C)C(C)(C)O1. The van der Waals surface area contributed by atoms with E-state index < -0.39 is 11.7 Å². The lowest BCUT2D eigenvalue weighted by Crippen LogP contribution is -2.41. The summed E-state index contributed by atoms with van der Waals surface area (Å²) >= 11 is 0. The minimum absolute atomic E-state index is 0.329. The van der Waals surface area contributed by atoms with Crippen LogP contribution in [0.15, 0.2) is 12.1 Å². The number of rotatable bonds is 9. The number of alkyl carbamates (subject to hydrolysis) is 1. The van der Waals surface area contributed by atoms with E-state index in [1.54, 1.807) is 0 Å². The molecule has 0 aromatic rings. The minimum atomic E-state index is -0.494. The third kappa shape index (κ3) is 8.53. The molecule has 1 rings (SSSR count). The Kier molecular flexibility index (Phi) is 8.60. The van der Waals surface area contributed by atoms with Gasteiger partial charge in [-0.05, 0) is 48.5 Å². The number of ether oxygens (including phenoxy) is 3. The number of nitrogens with one attached hydrogen (secondary N) is 1. The van der Waals surface area contributed by atoms with Crippen molar-refractivity contribution < 1.29 is 28.3 Å². The topological polar surface area (TPSA) is 75.3 Å². The summed E-state index contributed by atoms with van der Waals surface area (Å²) in [5, 5.41) is 2.63. The summed E-state index contributed by atoms with van der Waals surface area (Å²) in [5.74, 6) is 1.86. The van der Waals surface area contributed by atoms with Crippen LogP contribution in [-0.2, 0) is 23.5 Å². The molecule has 0 aromatic heterocycles. The van der Waals surface area contributed by atoms with Gasteiger partial charge < -0.3 is 28.8 Å². The van der Waals surface area contributed by atoms with Gasteiger partial charge in [0, 0.05) is 6.54 Å². The summed E-state index contributed by atoms with van der Waals surface area (Å²) in [4.78, 5) is 11.4. The first-order valence-corrected chi connectivity index (χ1v) is 9.08. The molecule has 1 heterocycles. The van der Waals surface area contributed by atoms with Crippen molar-refractivity contribution in [2.75, 3.05) is 33.0 Å². The predicted molar refractivity (Wildman–Crippen MR) is 101 cm³/mol. The fraction of sp³-hybridized carbons (Fsp3) is 0.833. The van der Waals surface area contributed by atoms with Gasteiger partial charge in [0.2, 0.25) is 0 Å². The molecule has 0 unspecified atom stereocenters. The maximum atomic E-state index is 11.4. The summed E-state index contributed by atoms with van der Waals surface area (Å²) < 4.78 is 27.7. The summed E-state index contributed by atoms with van der Waals surface area (Å²) in [5.41, 5.74) is -1.15. The van der Waals surface area contributed by atoms with E-state index in [-0.39, 0.29) is 18.3 Å². The van der Waals surface area contributed by atoms with Crippen molar-refractivity contribution in [1.29, 1.82) is 0 Å². The molecule has 1 aliphatic heterocycles. The molecular formula is C18H34BNO6. The predicted octanol–water partition coefficient (Wildman–Crippen LogP) is 2.73. The molecule has 1 fully saturated rings. The van der Waals surface area contributed by atoms with Crippen molar-refractivity contribution in [2.24, 2.45) is 0 Å². The van der Waals surface area contributed by atoms with Crippen molar-refractivity contribution in [1.82, 2.24) is 5.32 Å². The maximum absolute atomic E-state index is 11.4. The van der Waals surface area contributed by atoms with E-state index in [2.05, 4.69) is 5.32 Å². The summed E-state index contributed by atoms with van der Waals surface area (Å²) in [6.45, 7) is 15.7. The van der Waals surface area contributed by atoms with Gasteiger partial charge in [0.25, 0.3) is 0 Å². The Morgan fingerprint density at radius 2 is 1.62 bits per heavy atom. The molecule has 1 N–H and O–H groups in total. The van der Waals surface area contributed by atoms with Crippen molar-refractivity contribution >= 4 is 13.2 Å². The van der Waals surface area contributed by atoms with E-state index in [4.69, 9.17) is 23.5 Å². The second kappa shape index (κ2) is 9.74. The minimum Gasteiger partial charge on any atom is -0.444 e. The van der Waals surface area contributed by atoms with Crippen LogP contribution in [0.3, 0.4) is 0 Å². The van der Waals surface area contributed by atoms with Gasteiger partial charge in [-0.1, -0.05) is 12.1 Å². The van der Waals surface area contributed by atoms with Gasteiger partial charge in [0.15, 0.2) is 0 Å². The quantitative estimate of drug-likeness (QED) is 0.496. The Labute approximate surface area is 157 Å². The van der Waals surface area contributed by atoms with Crippen LogP contribution in [0.2, 0.25) is 0 Å². The molecule has 0 atom stereocenters. The Bertz CT molecular complexity index is 457. The molecule has 0 aromatic carbocycles. The third-order valence-corrected chi connectivity index (χ3v) is 4.07. The lowest BCUT2D eigenvalue weighted by molar-refractivity contribution is 0.00578. The fourth-order valence-electron chi connectivity index (χ4n) is 2.04. The Morgan fingerprint density at radius 1 is 1.04 bits per heavy atom. The van der Waals surface area contributed by atoms with E-state index in [1.165, 1.54) is 0 Å². The van der Waals surface area contributed by atoms with Gasteiger partial charge in [-0.25, -0.2) is 4.79 Å². The van der Waals surface area contributed by atoms with E-state index in [9.17, 15) is 4.79 Å². The van der Waals surface area contributed by atoms with Gasteiger partial charge in [-0.2, -0.15) is 0 Å². The van der Waals surface area contributed by atoms with Crippen LogP contribution in [0.4, 0.5) is 4.79 Å². The monoisotopic (exact) mass is 371 g/mol. The smallest absolute Gasteiger partial charge is 0.444 e. The molecule has 26 heavy (non-hydrogen) atoms. The molecule has 1 saturated heterocycles. The van der Waals surface area contributed by atoms with Gasteiger partial charge in [0.1, 0.15) is 5.60 Å². The van der Waals surface area contributed by atoms with E-state index >= 15 is 0 Å². The molecule has 8 heteroatoms. The lowest BCUT2D eigenvalue weighted by atomic mass is 9.90. The zero-order valence-electron chi connectivity index (χ0n) is 17.2. The van der Waals surface area contributed by atoms with Gasteiger partial charge in [-0.15, -0.1) is 0 Å². The van der Waals surface area contributed by atoms with E-state index in [0.29, 0.717) is 33.0 Å². The molecule has 0 spiro atoms. The molecule has 0 saturated carbocycles. The molecule has 7 nitrogen and oxygen atoms in total. The van der Waals surface area contributed by atoms with Gasteiger partial charge in [-0.3, -0.25) is 0 Å². The van der Waals surface area contributed by atoms with E-state index in [1.807, 2.05) is 60.5 Å². The number of carbonyl (C=O) groups excluding carboxylic acids is 1. The first kappa shape index (κ1) is 23.0. The zero-order chi connectivity index (χ0) is 19.8. The van der Waals surface area contributed by atoms with E-state index in [0.717, 1.165) is 0 Å². The molecule has 150 valence electrons. The molecular weight excluding hydrogens is 337 g/mol. The average Bonchev–Trinajstić information content (AvgIpc) is 2.66. The zero-order valence-corrected chi connectivity index (χ0v) is 17.2. The average molecular weight is 371 g/mol. The Balaban J connectivity index is 1.99. The Hall–Kier alpha value is -1.09. The number of hydrogen-bond donors (Lipinski definition) is 1. The lowest BCUT2D eigenvalue weighted by Gasteiger charge is -2.32. The number of hydrogen-bond acceptors (Lipinski definition) is 6. The highest BCUT2D eigenvalue weighted by molar-refractivity contribution is 6.51. The largest absolute Gasteiger partial charge is 0.486 e. The molecule has 0 aliphatic carbocycles. The van der Waals surface area contributed by atoms with Crippen LogP contribution in [0, 0.1) is 0 Å². The second-order valence-electron chi connectivity index (χ2n) is 8.17. The number of amides is 1. The molecule has 0 radical (unpaired) electrons. The van der Waals surface area contributed by atoms with Crippen LogP contribution in [0.5, 0.6) is 0 Å². The van der Waals surface area contributed by atoms with Crippen LogP contribution >= 0.6 is 0 Å². The van der Waals surface area contributed by atoms with Crippen molar-refractivity contribution in [2.45, 2.75) is 65.3 Å². The first-order valence-electron chi connectivity index (χ1n) is 9.08. The third-order valence-electron chi connectivity index (χ3n) is 4.07. The number of carbonyl (C=O) groups is 1. The second-order valence-corrected chi connectivity index (χ2v) is 8.17. The highest BCUT2D eigenvalue weighted by Gasteiger charge is 2.49. The Morgan fingerprint density at radius 3 is 2.19 bits per heavy atom. The van der Waals surface area contributed by atoms with Crippen LogP contribution in [0.1, 0.15) is 48.5 Å². The highest BCUT2D eigenvalue weighted by atomic mass is 16.7. The summed E-state index contributed by atoms with van der Waals surface area (Å²) in [6.07, 6.45) is 1.44. The van der Waals surface area contributed by atoms with Crippen LogP contribution < -0.4 is 5.32 Å². The van der Waals surface area contributed by atoms with Gasteiger partial charge in [0.05, 0.1) is 37.6 Å². The maximum Gasteiger partial charge on any atom is 0.486 e. The van der Waals surface area contributed by atoms with Crippen molar-refractivity contribution in [3.63, 3.8) is 0 Å². The first-order chi connectivity index (χ1) is 11.9. The van der Waals surface area contributed by atoms with Crippen LogP contribution in [-0.4, -0.2) is 63.0 Å². The summed E-state index contributed by atoms with van der Waals surface area (Å²) in [6, 6.07) is 0. The molecule has 1 amide bonds. The normalized spacial score (nSPS) is 19.1. The van der Waals surface area contributed by atoms with Crippen molar-refractivity contribution in [3.05, 3.63) is 12.1 Å². The van der Waals surface area contributed by atoms with Gasteiger partial charge >= 0.3 is 13.2 Å². The highest BCUT2D eigenvalue weighted by Crippen LogP contribution is 2.36. The fourth-order valence-corrected chi connectivity index (χ4v) is 2.04. The van der Waals surface area contributed by atoms with Crippen LogP contribution in [0.25, 0.3) is 0 Å². The molecule has 1 aliphatic rings.